The fraction of sp³-hybridized carbons (Fsp3) is 0.450. The fourth-order valence-corrected chi connectivity index (χ4v) is 2.61. The molecule has 1 aromatic carbocycles. The number of ether oxygens (including phenoxy) is 2. The second-order valence-electron chi connectivity index (χ2n) is 7.37. The number of rotatable bonds is 7. The van der Waals surface area contributed by atoms with Crippen LogP contribution in [0.5, 0.6) is 5.88 Å². The molecular formula is C20H27N5O3. The standard InChI is InChI=1S/C20H27N5O3/c1-15-5-4-6-16(11-15)24-21-13-17-12-18(28-14-20(2,3)26)23-19(22-17)25-7-9-27-10-8-25/h4-6,11-13,24,26H,7-10,14H2,1-3H3. The van der Waals surface area contributed by atoms with E-state index in [-0.39, 0.29) is 6.61 Å². The molecule has 2 heterocycles. The summed E-state index contributed by atoms with van der Waals surface area (Å²) in [5, 5.41) is 14.2. The topological polar surface area (TPSA) is 92.1 Å². The minimum Gasteiger partial charge on any atom is -0.474 e. The first kappa shape index (κ1) is 20.0. The van der Waals surface area contributed by atoms with Crippen molar-refractivity contribution in [1.82, 2.24) is 9.97 Å². The second-order valence-corrected chi connectivity index (χ2v) is 7.37. The highest BCUT2D eigenvalue weighted by molar-refractivity contribution is 5.78. The van der Waals surface area contributed by atoms with Crippen molar-refractivity contribution in [3.63, 3.8) is 0 Å². The third kappa shape index (κ3) is 6.17. The van der Waals surface area contributed by atoms with Crippen molar-refractivity contribution in [2.75, 3.05) is 43.2 Å². The highest BCUT2D eigenvalue weighted by Crippen LogP contribution is 2.18. The number of anilines is 2. The number of hydrogen-bond acceptors (Lipinski definition) is 8. The predicted octanol–water partition coefficient (Wildman–Crippen LogP) is 2.22. The Balaban J connectivity index is 1.78. The van der Waals surface area contributed by atoms with Crippen LogP contribution in [0.1, 0.15) is 25.1 Å². The first-order chi connectivity index (χ1) is 13.4. The zero-order valence-electron chi connectivity index (χ0n) is 16.6. The molecule has 3 rings (SSSR count). The number of nitrogens with zero attached hydrogens (tertiary/aromatic N) is 4. The van der Waals surface area contributed by atoms with E-state index in [4.69, 9.17) is 9.47 Å². The van der Waals surface area contributed by atoms with Crippen molar-refractivity contribution in [3.8, 4) is 5.88 Å². The lowest BCUT2D eigenvalue weighted by Gasteiger charge is -2.27. The highest BCUT2D eigenvalue weighted by Gasteiger charge is 2.18. The van der Waals surface area contributed by atoms with E-state index in [2.05, 4.69) is 20.5 Å². The van der Waals surface area contributed by atoms with Gasteiger partial charge < -0.3 is 19.5 Å². The van der Waals surface area contributed by atoms with Crippen LogP contribution in [0, 0.1) is 6.92 Å². The van der Waals surface area contributed by atoms with Crippen molar-refractivity contribution in [3.05, 3.63) is 41.6 Å². The minimum atomic E-state index is -0.953. The third-order valence-corrected chi connectivity index (χ3v) is 3.99. The molecule has 28 heavy (non-hydrogen) atoms. The quantitative estimate of drug-likeness (QED) is 0.558. The Morgan fingerprint density at radius 3 is 2.79 bits per heavy atom. The summed E-state index contributed by atoms with van der Waals surface area (Å²) in [5.41, 5.74) is 4.72. The highest BCUT2D eigenvalue weighted by atomic mass is 16.5. The van der Waals surface area contributed by atoms with E-state index in [9.17, 15) is 5.11 Å². The molecule has 2 N–H and O–H groups in total. The molecule has 0 atom stereocenters. The Hall–Kier alpha value is -2.71. The van der Waals surface area contributed by atoms with Gasteiger partial charge >= 0.3 is 0 Å². The third-order valence-electron chi connectivity index (χ3n) is 3.99. The van der Waals surface area contributed by atoms with Crippen molar-refractivity contribution in [1.29, 1.82) is 0 Å². The van der Waals surface area contributed by atoms with Gasteiger partial charge in [-0.1, -0.05) is 12.1 Å². The van der Waals surface area contributed by atoms with E-state index in [1.165, 1.54) is 0 Å². The number of nitrogens with one attached hydrogen (secondary N) is 1. The van der Waals surface area contributed by atoms with Gasteiger partial charge in [0.1, 0.15) is 6.61 Å². The number of aliphatic hydroxyl groups is 1. The van der Waals surface area contributed by atoms with E-state index in [1.807, 2.05) is 36.1 Å². The molecule has 0 unspecified atom stereocenters. The number of aryl methyl sites for hydroxylation is 1. The molecule has 1 aliphatic rings. The van der Waals surface area contributed by atoms with Crippen LogP contribution in [0.4, 0.5) is 11.6 Å². The van der Waals surface area contributed by atoms with Crippen LogP contribution in [-0.4, -0.2) is 59.8 Å². The summed E-state index contributed by atoms with van der Waals surface area (Å²) in [6, 6.07) is 9.66. The van der Waals surface area contributed by atoms with E-state index in [0.29, 0.717) is 43.8 Å². The van der Waals surface area contributed by atoms with E-state index in [1.54, 1.807) is 26.1 Å². The van der Waals surface area contributed by atoms with E-state index in [0.717, 1.165) is 11.3 Å². The monoisotopic (exact) mass is 385 g/mol. The van der Waals surface area contributed by atoms with Gasteiger partial charge in [0.15, 0.2) is 0 Å². The maximum Gasteiger partial charge on any atom is 0.229 e. The van der Waals surface area contributed by atoms with Crippen LogP contribution in [-0.2, 0) is 4.74 Å². The smallest absolute Gasteiger partial charge is 0.229 e. The molecule has 2 aromatic rings. The summed E-state index contributed by atoms with van der Waals surface area (Å²) in [7, 11) is 0. The van der Waals surface area contributed by atoms with Gasteiger partial charge in [-0.05, 0) is 38.5 Å². The van der Waals surface area contributed by atoms with Crippen molar-refractivity contribution < 1.29 is 14.6 Å². The Labute approximate surface area is 165 Å². The van der Waals surface area contributed by atoms with Gasteiger partial charge in [-0.25, -0.2) is 4.98 Å². The Kier molecular flexibility index (Phi) is 6.43. The normalized spacial score (nSPS) is 15.1. The molecule has 150 valence electrons. The molecular weight excluding hydrogens is 358 g/mol. The van der Waals surface area contributed by atoms with E-state index >= 15 is 0 Å². The average molecular weight is 385 g/mol. The lowest BCUT2D eigenvalue weighted by molar-refractivity contribution is 0.0268. The van der Waals surface area contributed by atoms with E-state index < -0.39 is 5.60 Å². The van der Waals surface area contributed by atoms with Gasteiger partial charge in [0, 0.05) is 19.2 Å². The molecule has 1 aliphatic heterocycles. The Morgan fingerprint density at radius 1 is 1.29 bits per heavy atom. The van der Waals surface area contributed by atoms with Crippen LogP contribution in [0.15, 0.2) is 35.4 Å². The summed E-state index contributed by atoms with van der Waals surface area (Å²) >= 11 is 0. The first-order valence-electron chi connectivity index (χ1n) is 9.32. The lowest BCUT2D eigenvalue weighted by Crippen LogP contribution is -2.37. The summed E-state index contributed by atoms with van der Waals surface area (Å²) in [4.78, 5) is 11.1. The van der Waals surface area contributed by atoms with Gasteiger partial charge in [-0.3, -0.25) is 5.43 Å². The van der Waals surface area contributed by atoms with Crippen LogP contribution in [0.25, 0.3) is 0 Å². The number of hydrazone groups is 1. The van der Waals surface area contributed by atoms with Crippen LogP contribution in [0.2, 0.25) is 0 Å². The predicted molar refractivity (Wildman–Crippen MR) is 109 cm³/mol. The van der Waals surface area contributed by atoms with Gasteiger partial charge in [0.25, 0.3) is 0 Å². The van der Waals surface area contributed by atoms with Crippen molar-refractivity contribution in [2.45, 2.75) is 26.4 Å². The van der Waals surface area contributed by atoms with Gasteiger partial charge in [0.05, 0.1) is 36.4 Å². The van der Waals surface area contributed by atoms with Crippen LogP contribution >= 0.6 is 0 Å². The molecule has 0 spiro atoms. The maximum atomic E-state index is 9.92. The van der Waals surface area contributed by atoms with Crippen LogP contribution < -0.4 is 15.1 Å². The molecule has 1 saturated heterocycles. The first-order valence-corrected chi connectivity index (χ1v) is 9.32. The van der Waals surface area contributed by atoms with Gasteiger partial charge in [-0.2, -0.15) is 10.1 Å². The van der Waals surface area contributed by atoms with Gasteiger partial charge in [-0.15, -0.1) is 0 Å². The fourth-order valence-electron chi connectivity index (χ4n) is 2.61. The average Bonchev–Trinajstić information content (AvgIpc) is 2.67. The summed E-state index contributed by atoms with van der Waals surface area (Å²) in [6.07, 6.45) is 1.63. The maximum absolute atomic E-state index is 9.92. The van der Waals surface area contributed by atoms with Crippen molar-refractivity contribution in [2.24, 2.45) is 5.10 Å². The number of hydrogen-bond donors (Lipinski definition) is 2. The summed E-state index contributed by atoms with van der Waals surface area (Å²) in [5.74, 6) is 0.962. The molecule has 8 heteroatoms. The molecule has 0 radical (unpaired) electrons. The minimum absolute atomic E-state index is 0.130. The summed E-state index contributed by atoms with van der Waals surface area (Å²) < 4.78 is 11.1. The largest absolute Gasteiger partial charge is 0.474 e. The SMILES string of the molecule is Cc1cccc(NN=Cc2cc(OCC(C)(C)O)nc(N3CCOCC3)n2)c1. The molecule has 0 bridgehead atoms. The molecule has 1 aromatic heterocycles. The summed E-state index contributed by atoms with van der Waals surface area (Å²) in [6.45, 7) is 8.23. The van der Waals surface area contributed by atoms with Crippen molar-refractivity contribution >= 4 is 17.9 Å². The molecule has 0 aliphatic carbocycles. The Bertz CT molecular complexity index is 814. The number of aromatic nitrogens is 2. The van der Waals surface area contributed by atoms with Crippen LogP contribution in [0.3, 0.4) is 0 Å². The molecule has 1 fully saturated rings. The Morgan fingerprint density at radius 2 is 2.07 bits per heavy atom. The second kappa shape index (κ2) is 8.99. The van der Waals surface area contributed by atoms with Gasteiger partial charge in [0.2, 0.25) is 11.8 Å². The zero-order valence-corrected chi connectivity index (χ0v) is 16.6. The number of morpholine rings is 1. The molecule has 8 nitrogen and oxygen atoms in total. The number of benzene rings is 1. The molecule has 0 amide bonds. The molecule has 0 saturated carbocycles. The lowest BCUT2D eigenvalue weighted by atomic mass is 10.2. The zero-order chi connectivity index (χ0) is 20.0.